The second-order valence-electron chi connectivity index (χ2n) is 8.45. The van der Waals surface area contributed by atoms with Crippen molar-refractivity contribution in [1.29, 1.82) is 0 Å². The highest BCUT2D eigenvalue weighted by molar-refractivity contribution is 6.14. The zero-order valence-electron chi connectivity index (χ0n) is 19.6. The van der Waals surface area contributed by atoms with Crippen molar-refractivity contribution in [1.82, 2.24) is 19.9 Å². The Balaban J connectivity index is 1.43. The SMILES string of the molecule is CN(C)CCOc1ccc(NC(=O)c2ccc(-c3cncc4ccccc34)c3nccnc23)cc1. The number of pyridine rings is 1. The fraction of sp³-hybridized carbons (Fsp3) is 0.143. The molecule has 7 heteroatoms. The van der Waals surface area contributed by atoms with E-state index in [9.17, 15) is 4.79 Å². The summed E-state index contributed by atoms with van der Waals surface area (Å²) >= 11 is 0. The van der Waals surface area contributed by atoms with Gasteiger partial charge in [0, 0.05) is 53.5 Å². The van der Waals surface area contributed by atoms with Gasteiger partial charge in [-0.3, -0.25) is 19.7 Å². The smallest absolute Gasteiger partial charge is 0.257 e. The van der Waals surface area contributed by atoms with Crippen molar-refractivity contribution in [2.75, 3.05) is 32.6 Å². The van der Waals surface area contributed by atoms with Crippen LogP contribution in [0, 0.1) is 0 Å². The molecule has 0 bridgehead atoms. The molecular formula is C28H25N5O2. The van der Waals surface area contributed by atoms with Crippen LogP contribution in [0.5, 0.6) is 5.75 Å². The number of amides is 1. The number of carbonyl (C=O) groups is 1. The lowest BCUT2D eigenvalue weighted by Gasteiger charge is -2.13. The Morgan fingerprint density at radius 3 is 2.46 bits per heavy atom. The molecule has 0 aliphatic heterocycles. The second-order valence-corrected chi connectivity index (χ2v) is 8.45. The molecule has 2 aromatic heterocycles. The molecule has 0 unspecified atom stereocenters. The van der Waals surface area contributed by atoms with Crippen LogP contribution in [0.15, 0.2) is 85.5 Å². The van der Waals surface area contributed by atoms with Crippen LogP contribution in [-0.2, 0) is 0 Å². The van der Waals surface area contributed by atoms with E-state index >= 15 is 0 Å². The van der Waals surface area contributed by atoms with Gasteiger partial charge in [0.1, 0.15) is 17.9 Å². The van der Waals surface area contributed by atoms with Gasteiger partial charge in [-0.1, -0.05) is 30.3 Å². The molecule has 1 N–H and O–H groups in total. The number of likely N-dealkylation sites (N-methyl/N-ethyl adjacent to an activating group) is 1. The number of nitrogens with zero attached hydrogens (tertiary/aromatic N) is 4. The molecule has 0 radical (unpaired) electrons. The van der Waals surface area contributed by atoms with Crippen LogP contribution in [0.2, 0.25) is 0 Å². The standard InChI is InChI=1S/C28H25N5O2/c1-33(2)15-16-35-21-9-7-20(8-10-21)32-28(34)24-12-11-23(26-27(24)31-14-13-30-26)25-18-29-17-19-5-3-4-6-22(19)25/h3-14,17-18H,15-16H2,1-2H3,(H,32,34). The second kappa shape index (κ2) is 9.87. The average Bonchev–Trinajstić information content (AvgIpc) is 2.88. The molecule has 2 heterocycles. The number of fused-ring (bicyclic) bond motifs is 2. The monoisotopic (exact) mass is 463 g/mol. The van der Waals surface area contributed by atoms with Gasteiger partial charge < -0.3 is 15.0 Å². The molecule has 0 saturated carbocycles. The van der Waals surface area contributed by atoms with Gasteiger partial charge >= 0.3 is 0 Å². The molecular weight excluding hydrogens is 438 g/mol. The van der Waals surface area contributed by atoms with Crippen LogP contribution in [0.3, 0.4) is 0 Å². The number of aromatic nitrogens is 3. The van der Waals surface area contributed by atoms with Crippen molar-refractivity contribution in [2.24, 2.45) is 0 Å². The lowest BCUT2D eigenvalue weighted by molar-refractivity contribution is 0.102. The van der Waals surface area contributed by atoms with Crippen molar-refractivity contribution < 1.29 is 9.53 Å². The first-order valence-corrected chi connectivity index (χ1v) is 11.4. The predicted molar refractivity (Wildman–Crippen MR) is 139 cm³/mol. The molecule has 1 amide bonds. The minimum Gasteiger partial charge on any atom is -0.492 e. The molecule has 0 aliphatic carbocycles. The van der Waals surface area contributed by atoms with Crippen molar-refractivity contribution in [3.8, 4) is 16.9 Å². The topological polar surface area (TPSA) is 80.2 Å². The number of hydrogen-bond donors (Lipinski definition) is 1. The lowest BCUT2D eigenvalue weighted by atomic mass is 9.97. The largest absolute Gasteiger partial charge is 0.492 e. The van der Waals surface area contributed by atoms with E-state index in [-0.39, 0.29) is 5.91 Å². The molecule has 0 atom stereocenters. The highest BCUT2D eigenvalue weighted by atomic mass is 16.5. The van der Waals surface area contributed by atoms with Crippen LogP contribution in [0.1, 0.15) is 10.4 Å². The Morgan fingerprint density at radius 1 is 0.886 bits per heavy atom. The fourth-order valence-electron chi connectivity index (χ4n) is 3.97. The van der Waals surface area contributed by atoms with E-state index in [4.69, 9.17) is 4.74 Å². The van der Waals surface area contributed by atoms with Gasteiger partial charge in [-0.2, -0.15) is 0 Å². The quantitative estimate of drug-likeness (QED) is 0.364. The van der Waals surface area contributed by atoms with Crippen molar-refractivity contribution in [3.63, 3.8) is 0 Å². The van der Waals surface area contributed by atoms with Gasteiger partial charge in [0.2, 0.25) is 0 Å². The summed E-state index contributed by atoms with van der Waals surface area (Å²) in [5.41, 5.74) is 4.16. The number of rotatable bonds is 7. The predicted octanol–water partition coefficient (Wildman–Crippen LogP) is 5.04. The first-order chi connectivity index (χ1) is 17.1. The summed E-state index contributed by atoms with van der Waals surface area (Å²) in [4.78, 5) is 28.7. The van der Waals surface area contributed by atoms with Crippen molar-refractivity contribution >= 4 is 33.4 Å². The molecule has 0 saturated heterocycles. The van der Waals surface area contributed by atoms with E-state index in [2.05, 4.69) is 31.2 Å². The minimum absolute atomic E-state index is 0.251. The minimum atomic E-state index is -0.251. The molecule has 5 aromatic rings. The van der Waals surface area contributed by atoms with Crippen LogP contribution >= 0.6 is 0 Å². The molecule has 0 spiro atoms. The summed E-state index contributed by atoms with van der Waals surface area (Å²) < 4.78 is 5.73. The third-order valence-electron chi connectivity index (χ3n) is 5.75. The molecule has 174 valence electrons. The number of benzene rings is 3. The highest BCUT2D eigenvalue weighted by Gasteiger charge is 2.17. The van der Waals surface area contributed by atoms with Gasteiger partial charge in [0.05, 0.1) is 11.1 Å². The Morgan fingerprint density at radius 2 is 1.66 bits per heavy atom. The van der Waals surface area contributed by atoms with E-state index in [0.717, 1.165) is 34.2 Å². The molecule has 0 aliphatic rings. The van der Waals surface area contributed by atoms with Gasteiger partial charge in [-0.15, -0.1) is 0 Å². The van der Waals surface area contributed by atoms with E-state index in [1.54, 1.807) is 18.5 Å². The van der Waals surface area contributed by atoms with Crippen molar-refractivity contribution in [3.05, 3.63) is 91.0 Å². The molecule has 7 nitrogen and oxygen atoms in total. The summed E-state index contributed by atoms with van der Waals surface area (Å²) in [5, 5.41) is 5.07. The van der Waals surface area contributed by atoms with Crippen LogP contribution in [0.25, 0.3) is 32.9 Å². The van der Waals surface area contributed by atoms with Crippen LogP contribution in [0.4, 0.5) is 5.69 Å². The molecule has 3 aromatic carbocycles. The molecule has 5 rings (SSSR count). The first-order valence-electron chi connectivity index (χ1n) is 11.4. The van der Waals surface area contributed by atoms with E-state index in [0.29, 0.717) is 28.9 Å². The maximum absolute atomic E-state index is 13.2. The average molecular weight is 464 g/mol. The number of hydrogen-bond acceptors (Lipinski definition) is 6. The zero-order chi connectivity index (χ0) is 24.2. The Bertz CT molecular complexity index is 1490. The maximum Gasteiger partial charge on any atom is 0.257 e. The number of carbonyl (C=O) groups excluding carboxylic acids is 1. The van der Waals surface area contributed by atoms with Gasteiger partial charge in [-0.05, 0) is 49.8 Å². The third kappa shape index (κ3) is 4.81. The number of anilines is 1. The summed E-state index contributed by atoms with van der Waals surface area (Å²) in [6.45, 7) is 1.43. The fourth-order valence-corrected chi connectivity index (χ4v) is 3.97. The van der Waals surface area contributed by atoms with E-state index in [1.807, 2.05) is 75.0 Å². The summed E-state index contributed by atoms with van der Waals surface area (Å²) in [6.07, 6.45) is 6.91. The van der Waals surface area contributed by atoms with Crippen molar-refractivity contribution in [2.45, 2.75) is 0 Å². The normalized spacial score (nSPS) is 11.2. The van der Waals surface area contributed by atoms with Gasteiger partial charge in [0.15, 0.2) is 0 Å². The number of ether oxygens (including phenoxy) is 1. The van der Waals surface area contributed by atoms with E-state index < -0.39 is 0 Å². The maximum atomic E-state index is 13.2. The first kappa shape index (κ1) is 22.4. The van der Waals surface area contributed by atoms with Crippen LogP contribution < -0.4 is 10.1 Å². The summed E-state index contributed by atoms with van der Waals surface area (Å²) in [7, 11) is 4.00. The third-order valence-corrected chi connectivity index (χ3v) is 5.75. The van der Waals surface area contributed by atoms with Gasteiger partial charge in [0.25, 0.3) is 5.91 Å². The Kier molecular flexibility index (Phi) is 6.32. The van der Waals surface area contributed by atoms with E-state index in [1.165, 1.54) is 0 Å². The summed E-state index contributed by atoms with van der Waals surface area (Å²) in [6, 6.07) is 19.1. The Labute approximate surface area is 203 Å². The highest BCUT2D eigenvalue weighted by Crippen LogP contribution is 2.33. The number of nitrogens with one attached hydrogen (secondary N) is 1. The lowest BCUT2D eigenvalue weighted by Crippen LogP contribution is -2.19. The Hall–Kier alpha value is -4.36. The van der Waals surface area contributed by atoms with Gasteiger partial charge in [-0.25, -0.2) is 0 Å². The molecule has 35 heavy (non-hydrogen) atoms. The molecule has 0 fully saturated rings. The summed E-state index contributed by atoms with van der Waals surface area (Å²) in [5.74, 6) is 0.508. The van der Waals surface area contributed by atoms with Crippen LogP contribution in [-0.4, -0.2) is 53.0 Å². The zero-order valence-corrected chi connectivity index (χ0v) is 19.6.